The Morgan fingerprint density at radius 1 is 1.20 bits per heavy atom. The van der Waals surface area contributed by atoms with Gasteiger partial charge in [-0.3, -0.25) is 11.3 Å². The van der Waals surface area contributed by atoms with Crippen LogP contribution in [0.1, 0.15) is 16.7 Å². The topological polar surface area (TPSA) is 38.0 Å². The molecular formula is C16H18BrClN2. The molecule has 0 heterocycles. The van der Waals surface area contributed by atoms with Crippen LogP contribution in [0.15, 0.2) is 46.9 Å². The zero-order valence-electron chi connectivity index (χ0n) is 11.4. The lowest BCUT2D eigenvalue weighted by molar-refractivity contribution is 0.522. The molecule has 4 heteroatoms. The number of hydrogen-bond donors (Lipinski definition) is 2. The van der Waals surface area contributed by atoms with Gasteiger partial charge in [-0.2, -0.15) is 0 Å². The van der Waals surface area contributed by atoms with Gasteiger partial charge in [-0.25, -0.2) is 0 Å². The molecule has 3 N–H and O–H groups in total. The number of nitrogens with one attached hydrogen (secondary N) is 1. The first-order valence-corrected chi connectivity index (χ1v) is 7.71. The molecule has 0 radical (unpaired) electrons. The summed E-state index contributed by atoms with van der Waals surface area (Å²) in [5.41, 5.74) is 6.53. The van der Waals surface area contributed by atoms with E-state index in [4.69, 9.17) is 17.4 Å². The van der Waals surface area contributed by atoms with Gasteiger partial charge in [-0.1, -0.05) is 63.4 Å². The lowest BCUT2D eigenvalue weighted by Gasteiger charge is -2.17. The monoisotopic (exact) mass is 352 g/mol. The molecule has 20 heavy (non-hydrogen) atoms. The van der Waals surface area contributed by atoms with E-state index in [0.717, 1.165) is 27.9 Å². The third kappa shape index (κ3) is 4.32. The van der Waals surface area contributed by atoms with Crippen molar-refractivity contribution in [3.05, 3.63) is 68.7 Å². The molecule has 2 nitrogen and oxygen atoms in total. The van der Waals surface area contributed by atoms with Gasteiger partial charge in [0, 0.05) is 15.5 Å². The van der Waals surface area contributed by atoms with E-state index in [1.807, 2.05) is 18.2 Å². The summed E-state index contributed by atoms with van der Waals surface area (Å²) in [6.45, 7) is 2.10. The lowest BCUT2D eigenvalue weighted by atomic mass is 9.98. The van der Waals surface area contributed by atoms with Crippen molar-refractivity contribution >= 4 is 27.5 Å². The molecule has 106 valence electrons. The third-order valence-corrected chi connectivity index (χ3v) is 4.13. The Bertz CT molecular complexity index is 586. The smallest absolute Gasteiger partial charge is 0.0449 e. The van der Waals surface area contributed by atoms with Gasteiger partial charge in [0.25, 0.3) is 0 Å². The number of halogens is 2. The van der Waals surface area contributed by atoms with Gasteiger partial charge in [0.2, 0.25) is 0 Å². The van der Waals surface area contributed by atoms with Gasteiger partial charge in [-0.05, 0) is 43.0 Å². The normalized spacial score (nSPS) is 12.4. The van der Waals surface area contributed by atoms with Crippen LogP contribution in [-0.4, -0.2) is 6.04 Å². The Morgan fingerprint density at radius 2 is 2.00 bits per heavy atom. The molecule has 0 amide bonds. The van der Waals surface area contributed by atoms with Gasteiger partial charge in [-0.15, -0.1) is 0 Å². The van der Waals surface area contributed by atoms with Crippen molar-refractivity contribution in [2.75, 3.05) is 0 Å². The van der Waals surface area contributed by atoms with Crippen LogP contribution in [0.3, 0.4) is 0 Å². The number of hydrogen-bond acceptors (Lipinski definition) is 2. The SMILES string of the molecule is Cc1cccc(CC(Cc2ccc(Br)cc2Cl)NN)c1. The van der Waals surface area contributed by atoms with Crippen molar-refractivity contribution in [1.82, 2.24) is 5.43 Å². The molecular weight excluding hydrogens is 336 g/mol. The van der Waals surface area contributed by atoms with Gasteiger partial charge in [0.1, 0.15) is 0 Å². The molecule has 2 aromatic carbocycles. The zero-order chi connectivity index (χ0) is 14.5. The molecule has 0 aromatic heterocycles. The van der Waals surface area contributed by atoms with Crippen molar-refractivity contribution in [2.45, 2.75) is 25.8 Å². The summed E-state index contributed by atoms with van der Waals surface area (Å²) in [5.74, 6) is 5.68. The van der Waals surface area contributed by atoms with Crippen molar-refractivity contribution in [3.63, 3.8) is 0 Å². The minimum Gasteiger partial charge on any atom is -0.271 e. The van der Waals surface area contributed by atoms with E-state index in [1.54, 1.807) is 0 Å². The predicted octanol–water partition coefficient (Wildman–Crippen LogP) is 4.03. The van der Waals surface area contributed by atoms with E-state index in [1.165, 1.54) is 11.1 Å². The molecule has 0 aliphatic rings. The summed E-state index contributed by atoms with van der Waals surface area (Å²) in [7, 11) is 0. The number of nitrogens with two attached hydrogens (primary N) is 1. The third-order valence-electron chi connectivity index (χ3n) is 3.28. The second kappa shape index (κ2) is 7.23. The molecule has 0 fully saturated rings. The van der Waals surface area contributed by atoms with E-state index in [0.29, 0.717) is 0 Å². The molecule has 2 rings (SSSR count). The van der Waals surface area contributed by atoms with E-state index in [-0.39, 0.29) is 6.04 Å². The fraction of sp³-hybridized carbons (Fsp3) is 0.250. The Balaban J connectivity index is 2.09. The van der Waals surface area contributed by atoms with Crippen molar-refractivity contribution < 1.29 is 0 Å². The molecule has 0 saturated heterocycles. The van der Waals surface area contributed by atoms with Crippen molar-refractivity contribution in [3.8, 4) is 0 Å². The average molecular weight is 354 g/mol. The summed E-state index contributed by atoms with van der Waals surface area (Å²) in [4.78, 5) is 0. The Hall–Kier alpha value is -0.870. The van der Waals surface area contributed by atoms with Crippen LogP contribution in [0.2, 0.25) is 5.02 Å². The quantitative estimate of drug-likeness (QED) is 0.629. The number of benzene rings is 2. The minimum absolute atomic E-state index is 0.162. The first-order chi connectivity index (χ1) is 9.58. The predicted molar refractivity (Wildman–Crippen MR) is 88.9 cm³/mol. The van der Waals surface area contributed by atoms with E-state index >= 15 is 0 Å². The van der Waals surface area contributed by atoms with Crippen LogP contribution >= 0.6 is 27.5 Å². The van der Waals surface area contributed by atoms with Crippen LogP contribution in [0, 0.1) is 6.92 Å². The second-order valence-corrected chi connectivity index (χ2v) is 6.32. The maximum atomic E-state index is 6.26. The van der Waals surface area contributed by atoms with Crippen LogP contribution in [0.4, 0.5) is 0 Å². The summed E-state index contributed by atoms with van der Waals surface area (Å²) in [6, 6.07) is 14.6. The van der Waals surface area contributed by atoms with Crippen molar-refractivity contribution in [2.24, 2.45) is 5.84 Å². The molecule has 0 aliphatic heterocycles. The lowest BCUT2D eigenvalue weighted by Crippen LogP contribution is -2.38. The molecule has 1 unspecified atom stereocenters. The zero-order valence-corrected chi connectivity index (χ0v) is 13.7. The first-order valence-electron chi connectivity index (χ1n) is 6.54. The van der Waals surface area contributed by atoms with Gasteiger partial charge >= 0.3 is 0 Å². The van der Waals surface area contributed by atoms with Crippen LogP contribution in [-0.2, 0) is 12.8 Å². The van der Waals surface area contributed by atoms with Gasteiger partial charge < -0.3 is 0 Å². The fourth-order valence-electron chi connectivity index (χ4n) is 2.27. The van der Waals surface area contributed by atoms with E-state index in [9.17, 15) is 0 Å². The van der Waals surface area contributed by atoms with Crippen LogP contribution in [0.5, 0.6) is 0 Å². The molecule has 2 aromatic rings. The summed E-state index contributed by atoms with van der Waals surface area (Å²) in [5, 5.41) is 0.767. The fourth-order valence-corrected chi connectivity index (χ4v) is 3.02. The van der Waals surface area contributed by atoms with E-state index < -0.39 is 0 Å². The van der Waals surface area contributed by atoms with Crippen LogP contribution < -0.4 is 11.3 Å². The summed E-state index contributed by atoms with van der Waals surface area (Å²) >= 11 is 9.68. The second-order valence-electron chi connectivity index (χ2n) is 5.00. The van der Waals surface area contributed by atoms with Gasteiger partial charge in [0.15, 0.2) is 0 Å². The maximum Gasteiger partial charge on any atom is 0.0449 e. The highest BCUT2D eigenvalue weighted by Crippen LogP contribution is 2.23. The summed E-state index contributed by atoms with van der Waals surface area (Å²) in [6.07, 6.45) is 1.68. The Kier molecular flexibility index (Phi) is 5.61. The summed E-state index contributed by atoms with van der Waals surface area (Å²) < 4.78 is 0.988. The number of aryl methyl sites for hydroxylation is 1. The van der Waals surface area contributed by atoms with Gasteiger partial charge in [0.05, 0.1) is 0 Å². The number of rotatable bonds is 5. The molecule has 0 spiro atoms. The first kappa shape index (κ1) is 15.5. The Morgan fingerprint density at radius 3 is 2.65 bits per heavy atom. The van der Waals surface area contributed by atoms with Crippen LogP contribution in [0.25, 0.3) is 0 Å². The minimum atomic E-state index is 0.162. The van der Waals surface area contributed by atoms with E-state index in [2.05, 4.69) is 52.5 Å². The maximum absolute atomic E-state index is 6.26. The molecule has 1 atom stereocenters. The average Bonchev–Trinajstić information content (AvgIpc) is 2.41. The molecule has 0 bridgehead atoms. The van der Waals surface area contributed by atoms with Crippen molar-refractivity contribution in [1.29, 1.82) is 0 Å². The highest BCUT2D eigenvalue weighted by Gasteiger charge is 2.11. The molecule has 0 saturated carbocycles. The number of hydrazine groups is 1. The highest BCUT2D eigenvalue weighted by atomic mass is 79.9. The standard InChI is InChI=1S/C16H18BrClN2/c1-11-3-2-4-12(7-11)8-15(20-19)9-13-5-6-14(17)10-16(13)18/h2-7,10,15,20H,8-9,19H2,1H3. The highest BCUT2D eigenvalue weighted by molar-refractivity contribution is 9.10. The largest absolute Gasteiger partial charge is 0.271 e. The Labute approximate surface area is 133 Å². The molecule has 0 aliphatic carbocycles.